The first-order valence-corrected chi connectivity index (χ1v) is 7.41. The molecule has 1 saturated heterocycles. The molecular formula is C13H19N3O2S. The summed E-state index contributed by atoms with van der Waals surface area (Å²) in [5.41, 5.74) is 5.83. The molecule has 0 spiro atoms. The molecule has 5 nitrogen and oxygen atoms in total. The van der Waals surface area contributed by atoms with Crippen LogP contribution < -0.4 is 11.1 Å². The van der Waals surface area contributed by atoms with E-state index < -0.39 is 6.04 Å². The SMILES string of the molecule is NC(C(=O)NCCC(=O)N1CCCC1)c1cccs1. The summed E-state index contributed by atoms with van der Waals surface area (Å²) >= 11 is 1.46. The number of carbonyl (C=O) groups excluding carboxylic acids is 2. The van der Waals surface area contributed by atoms with Crippen molar-refractivity contribution in [3.8, 4) is 0 Å². The minimum Gasteiger partial charge on any atom is -0.354 e. The minimum atomic E-state index is -0.637. The molecule has 1 unspecified atom stereocenters. The van der Waals surface area contributed by atoms with Crippen LogP contribution in [0.15, 0.2) is 17.5 Å². The Hall–Kier alpha value is -1.40. The summed E-state index contributed by atoms with van der Waals surface area (Å²) in [4.78, 5) is 26.2. The fourth-order valence-corrected chi connectivity index (χ4v) is 2.85. The monoisotopic (exact) mass is 281 g/mol. The molecule has 1 aromatic rings. The van der Waals surface area contributed by atoms with E-state index in [0.29, 0.717) is 13.0 Å². The van der Waals surface area contributed by atoms with Gasteiger partial charge in [0.1, 0.15) is 6.04 Å². The van der Waals surface area contributed by atoms with Crippen LogP contribution in [-0.4, -0.2) is 36.3 Å². The van der Waals surface area contributed by atoms with Crippen LogP contribution in [0.2, 0.25) is 0 Å². The third kappa shape index (κ3) is 3.78. The van der Waals surface area contributed by atoms with Gasteiger partial charge in [0.05, 0.1) is 0 Å². The summed E-state index contributed by atoms with van der Waals surface area (Å²) in [5, 5.41) is 4.61. The molecule has 1 atom stereocenters. The number of thiophene rings is 1. The Balaban J connectivity index is 1.70. The van der Waals surface area contributed by atoms with E-state index in [4.69, 9.17) is 5.73 Å². The second kappa shape index (κ2) is 6.68. The quantitative estimate of drug-likeness (QED) is 0.841. The molecule has 0 radical (unpaired) electrons. The summed E-state index contributed by atoms with van der Waals surface area (Å²) in [7, 11) is 0. The highest BCUT2D eigenvalue weighted by molar-refractivity contribution is 7.10. The summed E-state index contributed by atoms with van der Waals surface area (Å²) in [6, 6.07) is 3.07. The molecule has 1 fully saturated rings. The zero-order valence-electron chi connectivity index (χ0n) is 10.8. The molecule has 1 aliphatic heterocycles. The summed E-state index contributed by atoms with van der Waals surface area (Å²) in [6.45, 7) is 2.05. The average Bonchev–Trinajstić information content (AvgIpc) is 3.10. The van der Waals surface area contributed by atoms with Crippen molar-refractivity contribution in [2.75, 3.05) is 19.6 Å². The van der Waals surface area contributed by atoms with E-state index in [0.717, 1.165) is 30.8 Å². The lowest BCUT2D eigenvalue weighted by atomic mass is 10.2. The number of nitrogens with zero attached hydrogens (tertiary/aromatic N) is 1. The molecular weight excluding hydrogens is 262 g/mol. The van der Waals surface area contributed by atoms with Crippen LogP contribution in [0, 0.1) is 0 Å². The molecule has 19 heavy (non-hydrogen) atoms. The third-order valence-corrected chi connectivity index (χ3v) is 4.18. The van der Waals surface area contributed by atoms with E-state index in [9.17, 15) is 9.59 Å². The normalized spacial score (nSPS) is 16.4. The van der Waals surface area contributed by atoms with Gasteiger partial charge >= 0.3 is 0 Å². The van der Waals surface area contributed by atoms with Gasteiger partial charge in [-0.3, -0.25) is 9.59 Å². The van der Waals surface area contributed by atoms with Crippen molar-refractivity contribution in [1.29, 1.82) is 0 Å². The number of nitrogens with two attached hydrogens (primary N) is 1. The van der Waals surface area contributed by atoms with Gasteiger partial charge in [-0.1, -0.05) is 6.07 Å². The first-order valence-electron chi connectivity index (χ1n) is 6.53. The third-order valence-electron chi connectivity index (χ3n) is 3.23. The predicted octanol–water partition coefficient (Wildman–Crippen LogP) is 0.877. The number of carbonyl (C=O) groups is 2. The molecule has 1 aromatic heterocycles. The predicted molar refractivity (Wildman–Crippen MR) is 74.7 cm³/mol. The topological polar surface area (TPSA) is 75.4 Å². The van der Waals surface area contributed by atoms with Crippen LogP contribution in [-0.2, 0) is 9.59 Å². The molecule has 2 rings (SSSR count). The highest BCUT2D eigenvalue weighted by Gasteiger charge is 2.19. The van der Waals surface area contributed by atoms with Crippen molar-refractivity contribution in [2.45, 2.75) is 25.3 Å². The molecule has 104 valence electrons. The summed E-state index contributed by atoms with van der Waals surface area (Å²) in [5.74, 6) is -0.112. The second-order valence-corrected chi connectivity index (χ2v) is 5.60. The van der Waals surface area contributed by atoms with E-state index in [1.807, 2.05) is 22.4 Å². The van der Waals surface area contributed by atoms with Crippen molar-refractivity contribution in [2.24, 2.45) is 5.73 Å². The fraction of sp³-hybridized carbons (Fsp3) is 0.538. The maximum atomic E-state index is 11.8. The van der Waals surface area contributed by atoms with Gasteiger partial charge in [-0.05, 0) is 24.3 Å². The molecule has 1 aliphatic rings. The van der Waals surface area contributed by atoms with Gasteiger partial charge in [0.15, 0.2) is 0 Å². The van der Waals surface area contributed by atoms with E-state index >= 15 is 0 Å². The number of nitrogens with one attached hydrogen (secondary N) is 1. The molecule has 2 heterocycles. The van der Waals surface area contributed by atoms with Crippen molar-refractivity contribution in [3.63, 3.8) is 0 Å². The van der Waals surface area contributed by atoms with E-state index in [1.54, 1.807) is 0 Å². The number of likely N-dealkylation sites (tertiary alicyclic amines) is 1. The number of hydrogen-bond acceptors (Lipinski definition) is 4. The average molecular weight is 281 g/mol. The van der Waals surface area contributed by atoms with Gasteiger partial charge in [-0.2, -0.15) is 0 Å². The van der Waals surface area contributed by atoms with Crippen LogP contribution in [0.25, 0.3) is 0 Å². The second-order valence-electron chi connectivity index (χ2n) is 4.62. The van der Waals surface area contributed by atoms with E-state index in [-0.39, 0.29) is 11.8 Å². The Kier molecular flexibility index (Phi) is 4.93. The Morgan fingerprint density at radius 2 is 2.16 bits per heavy atom. The van der Waals surface area contributed by atoms with Crippen LogP contribution in [0.4, 0.5) is 0 Å². The van der Waals surface area contributed by atoms with Gasteiger partial charge in [-0.15, -0.1) is 11.3 Å². The lowest BCUT2D eigenvalue weighted by Crippen LogP contribution is -2.37. The van der Waals surface area contributed by atoms with Crippen LogP contribution in [0.5, 0.6) is 0 Å². The highest BCUT2D eigenvalue weighted by Crippen LogP contribution is 2.16. The van der Waals surface area contributed by atoms with Gasteiger partial charge in [0.2, 0.25) is 11.8 Å². The molecule has 0 aromatic carbocycles. The fourth-order valence-electron chi connectivity index (χ4n) is 2.12. The zero-order valence-corrected chi connectivity index (χ0v) is 11.6. The molecule has 6 heteroatoms. The maximum Gasteiger partial charge on any atom is 0.242 e. The molecule has 0 bridgehead atoms. The van der Waals surface area contributed by atoms with Crippen molar-refractivity contribution < 1.29 is 9.59 Å². The van der Waals surface area contributed by atoms with Crippen molar-refractivity contribution >= 4 is 23.2 Å². The Morgan fingerprint density at radius 1 is 1.42 bits per heavy atom. The minimum absolute atomic E-state index is 0.113. The van der Waals surface area contributed by atoms with Crippen molar-refractivity contribution in [3.05, 3.63) is 22.4 Å². The van der Waals surface area contributed by atoms with E-state index in [1.165, 1.54) is 11.3 Å². The lowest BCUT2D eigenvalue weighted by molar-refractivity contribution is -0.130. The van der Waals surface area contributed by atoms with Gasteiger partial charge in [0.25, 0.3) is 0 Å². The molecule has 0 aliphatic carbocycles. The summed E-state index contributed by atoms with van der Waals surface area (Å²) in [6.07, 6.45) is 2.52. The Bertz CT molecular complexity index is 427. The Morgan fingerprint density at radius 3 is 2.79 bits per heavy atom. The van der Waals surface area contributed by atoms with Gasteiger partial charge < -0.3 is 16.0 Å². The van der Waals surface area contributed by atoms with Crippen LogP contribution >= 0.6 is 11.3 Å². The molecule has 2 amide bonds. The smallest absolute Gasteiger partial charge is 0.242 e. The largest absolute Gasteiger partial charge is 0.354 e. The molecule has 0 saturated carbocycles. The first-order chi connectivity index (χ1) is 9.18. The standard InChI is InChI=1S/C13H19N3O2S/c14-12(10-4-3-9-19-10)13(18)15-6-5-11(17)16-7-1-2-8-16/h3-4,9,12H,1-2,5-8,14H2,(H,15,18). The van der Waals surface area contributed by atoms with Gasteiger partial charge in [-0.25, -0.2) is 0 Å². The zero-order chi connectivity index (χ0) is 13.7. The van der Waals surface area contributed by atoms with Gasteiger partial charge in [0, 0.05) is 30.9 Å². The molecule has 3 N–H and O–H groups in total. The summed E-state index contributed by atoms with van der Waals surface area (Å²) < 4.78 is 0. The van der Waals surface area contributed by atoms with Crippen molar-refractivity contribution in [1.82, 2.24) is 10.2 Å². The van der Waals surface area contributed by atoms with E-state index in [2.05, 4.69) is 5.32 Å². The van der Waals surface area contributed by atoms with Crippen LogP contribution in [0.3, 0.4) is 0 Å². The number of amides is 2. The Labute approximate surface area is 116 Å². The van der Waals surface area contributed by atoms with Crippen LogP contribution in [0.1, 0.15) is 30.2 Å². The number of hydrogen-bond donors (Lipinski definition) is 2. The number of rotatable bonds is 5. The lowest BCUT2D eigenvalue weighted by Gasteiger charge is -2.16. The maximum absolute atomic E-state index is 11.8. The first kappa shape index (κ1) is 14.0. The highest BCUT2D eigenvalue weighted by atomic mass is 32.1.